The molecule has 0 bridgehead atoms. The lowest BCUT2D eigenvalue weighted by Crippen LogP contribution is -2.28. The number of benzene rings is 1. The van der Waals surface area contributed by atoms with Crippen molar-refractivity contribution in [2.45, 2.75) is 38.4 Å². The van der Waals surface area contributed by atoms with Crippen molar-refractivity contribution in [1.82, 2.24) is 0 Å². The first-order valence-corrected chi connectivity index (χ1v) is 6.55. The molecule has 3 nitrogen and oxygen atoms in total. The minimum absolute atomic E-state index is 0.254. The van der Waals surface area contributed by atoms with Crippen molar-refractivity contribution in [2.24, 2.45) is 0 Å². The van der Waals surface area contributed by atoms with Gasteiger partial charge in [-0.3, -0.25) is 0 Å². The number of aromatic carboxylic acids is 1. The first kappa shape index (κ1) is 14.7. The summed E-state index contributed by atoms with van der Waals surface area (Å²) in [6.45, 7) is 2.61. The molecule has 0 unspecified atom stereocenters. The molecule has 20 heavy (non-hydrogen) atoms. The molecular formula is C14H16F3NO2. The molecule has 0 atom stereocenters. The molecule has 1 aliphatic carbocycles. The molecule has 0 aromatic heterocycles. The second kappa shape index (κ2) is 5.34. The van der Waals surface area contributed by atoms with Crippen LogP contribution in [0.5, 0.6) is 0 Å². The third-order valence-electron chi connectivity index (χ3n) is 3.32. The van der Waals surface area contributed by atoms with E-state index in [1.807, 2.05) is 11.8 Å². The monoisotopic (exact) mass is 287 g/mol. The normalized spacial score (nSPS) is 15.2. The van der Waals surface area contributed by atoms with Gasteiger partial charge in [0.15, 0.2) is 0 Å². The van der Waals surface area contributed by atoms with Crippen LogP contribution in [0, 0.1) is 0 Å². The number of hydrogen-bond acceptors (Lipinski definition) is 2. The van der Waals surface area contributed by atoms with E-state index >= 15 is 0 Å². The summed E-state index contributed by atoms with van der Waals surface area (Å²) >= 11 is 0. The number of halogens is 3. The van der Waals surface area contributed by atoms with Gasteiger partial charge in [0.05, 0.1) is 16.8 Å². The van der Waals surface area contributed by atoms with Crippen LogP contribution < -0.4 is 4.90 Å². The van der Waals surface area contributed by atoms with Crippen LogP contribution >= 0.6 is 0 Å². The number of rotatable bonds is 5. The van der Waals surface area contributed by atoms with Gasteiger partial charge in [-0.15, -0.1) is 0 Å². The molecule has 1 aromatic carbocycles. The molecular weight excluding hydrogens is 271 g/mol. The van der Waals surface area contributed by atoms with Crippen molar-refractivity contribution < 1.29 is 23.1 Å². The lowest BCUT2D eigenvalue weighted by molar-refractivity contribution is -0.137. The molecule has 0 heterocycles. The summed E-state index contributed by atoms with van der Waals surface area (Å²) in [6.07, 6.45) is -1.80. The molecule has 0 spiro atoms. The van der Waals surface area contributed by atoms with Crippen LogP contribution in [0.3, 0.4) is 0 Å². The fourth-order valence-corrected chi connectivity index (χ4v) is 2.26. The van der Waals surface area contributed by atoms with E-state index in [4.69, 9.17) is 0 Å². The third kappa shape index (κ3) is 3.05. The average Bonchev–Trinajstić information content (AvgIpc) is 3.18. The molecule has 0 aliphatic heterocycles. The zero-order valence-electron chi connectivity index (χ0n) is 11.1. The van der Waals surface area contributed by atoms with Crippen LogP contribution in [-0.2, 0) is 6.18 Å². The van der Waals surface area contributed by atoms with Crippen LogP contribution in [0.1, 0.15) is 42.1 Å². The lowest BCUT2D eigenvalue weighted by Gasteiger charge is -2.26. The number of alkyl halides is 3. The third-order valence-corrected chi connectivity index (χ3v) is 3.32. The van der Waals surface area contributed by atoms with E-state index in [1.165, 1.54) is 6.07 Å². The van der Waals surface area contributed by atoms with E-state index in [0.29, 0.717) is 12.2 Å². The molecule has 1 N–H and O–H groups in total. The van der Waals surface area contributed by atoms with Gasteiger partial charge in [0.1, 0.15) is 0 Å². The highest BCUT2D eigenvalue weighted by molar-refractivity contribution is 5.95. The SMILES string of the molecule is CCCN(c1ccc(C(F)(F)F)cc1C(=O)O)C1CC1. The van der Waals surface area contributed by atoms with Crippen molar-refractivity contribution in [3.05, 3.63) is 29.3 Å². The average molecular weight is 287 g/mol. The summed E-state index contributed by atoms with van der Waals surface area (Å²) in [5.41, 5.74) is -0.819. The van der Waals surface area contributed by atoms with Gasteiger partial charge in [-0.2, -0.15) is 13.2 Å². The molecule has 110 valence electrons. The molecule has 1 fully saturated rings. The Morgan fingerprint density at radius 3 is 2.50 bits per heavy atom. The number of carbonyl (C=O) groups is 1. The minimum atomic E-state index is -4.53. The van der Waals surface area contributed by atoms with E-state index in [1.54, 1.807) is 0 Å². The Morgan fingerprint density at radius 1 is 1.40 bits per heavy atom. The van der Waals surface area contributed by atoms with Gasteiger partial charge in [-0.1, -0.05) is 6.92 Å². The molecule has 0 amide bonds. The molecule has 2 rings (SSSR count). The minimum Gasteiger partial charge on any atom is -0.478 e. The van der Waals surface area contributed by atoms with E-state index in [2.05, 4.69) is 0 Å². The van der Waals surface area contributed by atoms with Gasteiger partial charge >= 0.3 is 12.1 Å². The summed E-state index contributed by atoms with van der Waals surface area (Å²) in [7, 11) is 0. The van der Waals surface area contributed by atoms with Crippen molar-refractivity contribution >= 4 is 11.7 Å². The second-order valence-electron chi connectivity index (χ2n) is 4.96. The van der Waals surface area contributed by atoms with Crippen molar-refractivity contribution in [1.29, 1.82) is 0 Å². The Bertz CT molecular complexity index is 510. The quantitative estimate of drug-likeness (QED) is 0.896. The number of hydrogen-bond donors (Lipinski definition) is 1. The highest BCUT2D eigenvalue weighted by Gasteiger charge is 2.34. The molecule has 1 aromatic rings. The molecule has 1 saturated carbocycles. The first-order chi connectivity index (χ1) is 9.34. The number of carboxylic acids is 1. The van der Waals surface area contributed by atoms with Crippen LogP contribution in [0.25, 0.3) is 0 Å². The predicted octanol–water partition coefficient (Wildman–Crippen LogP) is 3.78. The van der Waals surface area contributed by atoms with Crippen LogP contribution in [0.2, 0.25) is 0 Å². The second-order valence-corrected chi connectivity index (χ2v) is 4.96. The first-order valence-electron chi connectivity index (χ1n) is 6.55. The topological polar surface area (TPSA) is 40.5 Å². The van der Waals surface area contributed by atoms with Crippen LogP contribution in [0.15, 0.2) is 18.2 Å². The summed E-state index contributed by atoms with van der Waals surface area (Å²) in [5, 5.41) is 9.18. The van der Waals surface area contributed by atoms with E-state index in [-0.39, 0.29) is 11.6 Å². The molecule has 0 saturated heterocycles. The summed E-state index contributed by atoms with van der Waals surface area (Å²) in [5.74, 6) is -1.33. The molecule has 6 heteroatoms. The number of nitrogens with zero attached hydrogens (tertiary/aromatic N) is 1. The number of anilines is 1. The van der Waals surface area contributed by atoms with E-state index < -0.39 is 17.7 Å². The fourth-order valence-electron chi connectivity index (χ4n) is 2.26. The Balaban J connectivity index is 2.44. The maximum atomic E-state index is 12.7. The van der Waals surface area contributed by atoms with Crippen LogP contribution in [0.4, 0.5) is 18.9 Å². The van der Waals surface area contributed by atoms with Crippen LogP contribution in [-0.4, -0.2) is 23.7 Å². The van der Waals surface area contributed by atoms with Gasteiger partial charge in [0, 0.05) is 12.6 Å². The Kier molecular flexibility index (Phi) is 3.92. The zero-order valence-corrected chi connectivity index (χ0v) is 11.1. The van der Waals surface area contributed by atoms with Crippen molar-refractivity contribution in [2.75, 3.05) is 11.4 Å². The number of carboxylic acid groups (broad SMARTS) is 1. The molecule has 0 radical (unpaired) electrons. The van der Waals surface area contributed by atoms with E-state index in [9.17, 15) is 23.1 Å². The maximum Gasteiger partial charge on any atom is 0.416 e. The fraction of sp³-hybridized carbons (Fsp3) is 0.500. The Hall–Kier alpha value is -1.72. The smallest absolute Gasteiger partial charge is 0.416 e. The van der Waals surface area contributed by atoms with Crippen molar-refractivity contribution in [3.63, 3.8) is 0 Å². The molecule has 1 aliphatic rings. The van der Waals surface area contributed by atoms with Gasteiger partial charge in [0.2, 0.25) is 0 Å². The summed E-state index contributed by atoms with van der Waals surface area (Å²) < 4.78 is 38.0. The standard InChI is InChI=1S/C14H16F3NO2/c1-2-7-18(10-4-5-10)12-6-3-9(14(15,16)17)8-11(12)13(19)20/h3,6,8,10H,2,4-5,7H2,1H3,(H,19,20). The highest BCUT2D eigenvalue weighted by atomic mass is 19.4. The van der Waals surface area contributed by atoms with Gasteiger partial charge in [-0.25, -0.2) is 4.79 Å². The Labute approximate surface area is 115 Å². The summed E-state index contributed by atoms with van der Waals surface area (Å²) in [4.78, 5) is 13.2. The Morgan fingerprint density at radius 2 is 2.05 bits per heavy atom. The van der Waals surface area contributed by atoms with Gasteiger partial charge in [-0.05, 0) is 37.5 Å². The largest absolute Gasteiger partial charge is 0.478 e. The highest BCUT2D eigenvalue weighted by Crippen LogP contribution is 2.37. The summed E-state index contributed by atoms with van der Waals surface area (Å²) in [6, 6.07) is 3.21. The van der Waals surface area contributed by atoms with Gasteiger partial charge in [0.25, 0.3) is 0 Å². The lowest BCUT2D eigenvalue weighted by atomic mass is 10.1. The maximum absolute atomic E-state index is 12.7. The zero-order chi connectivity index (χ0) is 14.9. The van der Waals surface area contributed by atoms with Gasteiger partial charge < -0.3 is 10.0 Å². The van der Waals surface area contributed by atoms with E-state index in [0.717, 1.165) is 31.4 Å². The predicted molar refractivity (Wildman–Crippen MR) is 69.1 cm³/mol. The van der Waals surface area contributed by atoms with Crippen molar-refractivity contribution in [3.8, 4) is 0 Å².